The molecule has 4 rings (SSSR count). The van der Waals surface area contributed by atoms with Crippen molar-refractivity contribution in [3.8, 4) is 10.7 Å². The van der Waals surface area contributed by atoms with Gasteiger partial charge in [0.2, 0.25) is 0 Å². The highest BCUT2D eigenvalue weighted by Crippen LogP contribution is 2.24. The van der Waals surface area contributed by atoms with Crippen LogP contribution in [0.2, 0.25) is 0 Å². The molecule has 0 bridgehead atoms. The normalized spacial score (nSPS) is 14.8. The molecule has 158 valence electrons. The van der Waals surface area contributed by atoms with Gasteiger partial charge in [0.15, 0.2) is 0 Å². The number of benzene rings is 1. The molecule has 0 spiro atoms. The van der Waals surface area contributed by atoms with Crippen LogP contribution >= 0.6 is 11.3 Å². The number of hydrogen-bond acceptors (Lipinski definition) is 7. The van der Waals surface area contributed by atoms with E-state index in [0.29, 0.717) is 11.4 Å². The summed E-state index contributed by atoms with van der Waals surface area (Å²) < 4.78 is 21.7. The molecule has 0 aliphatic carbocycles. The lowest BCUT2D eigenvalue weighted by molar-refractivity contribution is 0.0468. The summed E-state index contributed by atoms with van der Waals surface area (Å²) >= 11 is 1.44. The van der Waals surface area contributed by atoms with Crippen LogP contribution in [0.3, 0.4) is 0 Å². The van der Waals surface area contributed by atoms with Gasteiger partial charge in [0.25, 0.3) is 0 Å². The van der Waals surface area contributed by atoms with Gasteiger partial charge in [-0.3, -0.25) is 4.68 Å². The van der Waals surface area contributed by atoms with Crippen LogP contribution in [0, 0.1) is 5.82 Å². The second kappa shape index (κ2) is 8.93. The molecule has 1 aliphatic heterocycles. The van der Waals surface area contributed by atoms with Crippen LogP contribution in [0.25, 0.3) is 10.7 Å². The topological polar surface area (TPSA) is 63.5 Å². The Morgan fingerprint density at radius 3 is 2.70 bits per heavy atom. The molecule has 7 nitrogen and oxygen atoms in total. The molecule has 3 heterocycles. The van der Waals surface area contributed by atoms with Crippen molar-refractivity contribution in [1.29, 1.82) is 0 Å². The molecule has 30 heavy (non-hydrogen) atoms. The molecule has 1 aliphatic rings. The van der Waals surface area contributed by atoms with Crippen LogP contribution in [0.1, 0.15) is 23.0 Å². The van der Waals surface area contributed by atoms with Gasteiger partial charge in [-0.2, -0.15) is 5.10 Å². The van der Waals surface area contributed by atoms with E-state index in [1.165, 1.54) is 17.4 Å². The highest BCUT2D eigenvalue weighted by atomic mass is 32.1. The van der Waals surface area contributed by atoms with Gasteiger partial charge in [-0.15, -0.1) is 11.3 Å². The fourth-order valence-corrected chi connectivity index (χ4v) is 4.21. The number of esters is 1. The van der Waals surface area contributed by atoms with E-state index in [9.17, 15) is 9.18 Å². The molecule has 0 amide bonds. The number of hydrogen-bond donors (Lipinski definition) is 0. The SMILES string of the molecule is CCN1CCN(c2ccc(C(=O)OCc3csc(-c4ccn(C)n4)n3)cc2F)CC1. The minimum atomic E-state index is -0.566. The van der Waals surface area contributed by atoms with Gasteiger partial charge in [-0.25, -0.2) is 14.2 Å². The second-order valence-electron chi connectivity index (χ2n) is 7.18. The van der Waals surface area contributed by atoms with Crippen LogP contribution in [0.5, 0.6) is 0 Å². The number of piperazine rings is 1. The third kappa shape index (κ3) is 4.52. The zero-order valence-electron chi connectivity index (χ0n) is 17.0. The number of anilines is 1. The fraction of sp³-hybridized carbons (Fsp3) is 0.381. The van der Waals surface area contributed by atoms with E-state index < -0.39 is 11.8 Å². The summed E-state index contributed by atoms with van der Waals surface area (Å²) in [5.74, 6) is -0.968. The molecular formula is C21H24FN5O2S. The van der Waals surface area contributed by atoms with E-state index in [-0.39, 0.29) is 12.2 Å². The van der Waals surface area contributed by atoms with Crippen molar-refractivity contribution < 1.29 is 13.9 Å². The maximum atomic E-state index is 14.6. The number of rotatable bonds is 6. The molecule has 3 aromatic rings. The smallest absolute Gasteiger partial charge is 0.338 e. The number of halogens is 1. The Bertz CT molecular complexity index is 1030. The number of thiazole rings is 1. The van der Waals surface area contributed by atoms with Crippen molar-refractivity contribution in [2.24, 2.45) is 7.05 Å². The van der Waals surface area contributed by atoms with Gasteiger partial charge in [-0.1, -0.05) is 6.92 Å². The average molecular weight is 430 g/mol. The maximum absolute atomic E-state index is 14.6. The lowest BCUT2D eigenvalue weighted by Crippen LogP contribution is -2.46. The monoisotopic (exact) mass is 429 g/mol. The van der Waals surface area contributed by atoms with E-state index in [2.05, 4.69) is 21.9 Å². The summed E-state index contributed by atoms with van der Waals surface area (Å²) in [5.41, 5.74) is 2.14. The number of aromatic nitrogens is 3. The summed E-state index contributed by atoms with van der Waals surface area (Å²) in [7, 11) is 1.84. The van der Waals surface area contributed by atoms with E-state index in [4.69, 9.17) is 4.74 Å². The number of carbonyl (C=O) groups excluding carboxylic acids is 1. The van der Waals surface area contributed by atoms with Crippen molar-refractivity contribution in [2.75, 3.05) is 37.6 Å². The van der Waals surface area contributed by atoms with Gasteiger partial charge in [-0.05, 0) is 30.8 Å². The summed E-state index contributed by atoms with van der Waals surface area (Å²) in [5, 5.41) is 6.91. The minimum absolute atomic E-state index is 0.0323. The number of carbonyl (C=O) groups is 1. The maximum Gasteiger partial charge on any atom is 0.338 e. The molecule has 1 saturated heterocycles. The van der Waals surface area contributed by atoms with Gasteiger partial charge < -0.3 is 14.5 Å². The fourth-order valence-electron chi connectivity index (χ4n) is 3.44. The molecule has 0 N–H and O–H groups in total. The lowest BCUT2D eigenvalue weighted by Gasteiger charge is -2.35. The lowest BCUT2D eigenvalue weighted by atomic mass is 10.1. The Hall–Kier alpha value is -2.78. The molecule has 0 atom stereocenters. The number of ether oxygens (including phenoxy) is 1. The number of nitrogens with zero attached hydrogens (tertiary/aromatic N) is 5. The van der Waals surface area contributed by atoms with Crippen LogP contribution in [0.4, 0.5) is 10.1 Å². The Labute approximate surface area is 178 Å². The average Bonchev–Trinajstić information content (AvgIpc) is 3.41. The highest BCUT2D eigenvalue weighted by molar-refractivity contribution is 7.13. The van der Waals surface area contributed by atoms with Crippen molar-refractivity contribution in [2.45, 2.75) is 13.5 Å². The second-order valence-corrected chi connectivity index (χ2v) is 8.04. The molecule has 9 heteroatoms. The van der Waals surface area contributed by atoms with Crippen molar-refractivity contribution in [3.63, 3.8) is 0 Å². The third-order valence-electron chi connectivity index (χ3n) is 5.18. The van der Waals surface area contributed by atoms with Gasteiger partial charge in [0.1, 0.15) is 23.1 Å². The molecule has 0 radical (unpaired) electrons. The molecule has 1 fully saturated rings. The van der Waals surface area contributed by atoms with Crippen LogP contribution in [0.15, 0.2) is 35.8 Å². The van der Waals surface area contributed by atoms with Gasteiger partial charge >= 0.3 is 5.97 Å². The minimum Gasteiger partial charge on any atom is -0.456 e. The molecular weight excluding hydrogens is 405 g/mol. The summed E-state index contributed by atoms with van der Waals surface area (Å²) in [4.78, 5) is 21.2. The van der Waals surface area contributed by atoms with Crippen molar-refractivity contribution in [3.05, 3.63) is 52.9 Å². The first kappa shape index (κ1) is 20.5. The zero-order chi connectivity index (χ0) is 21.1. The highest BCUT2D eigenvalue weighted by Gasteiger charge is 2.20. The first-order valence-electron chi connectivity index (χ1n) is 9.92. The summed E-state index contributed by atoms with van der Waals surface area (Å²) in [6.07, 6.45) is 1.85. The summed E-state index contributed by atoms with van der Waals surface area (Å²) in [6, 6.07) is 6.41. The first-order chi connectivity index (χ1) is 14.5. The molecule has 0 unspecified atom stereocenters. The van der Waals surface area contributed by atoms with Crippen LogP contribution in [-0.4, -0.2) is 58.4 Å². The van der Waals surface area contributed by atoms with Gasteiger partial charge in [0, 0.05) is 44.8 Å². The number of aryl methyl sites for hydroxylation is 1. The Morgan fingerprint density at radius 1 is 1.23 bits per heavy atom. The quantitative estimate of drug-likeness (QED) is 0.561. The van der Waals surface area contributed by atoms with Crippen molar-refractivity contribution in [1.82, 2.24) is 19.7 Å². The number of likely N-dealkylation sites (N-methyl/N-ethyl adjacent to an activating group) is 1. The van der Waals surface area contributed by atoms with E-state index in [1.54, 1.807) is 16.8 Å². The van der Waals surface area contributed by atoms with Crippen LogP contribution < -0.4 is 4.90 Å². The predicted octanol–water partition coefficient (Wildman–Crippen LogP) is 3.18. The van der Waals surface area contributed by atoms with Gasteiger partial charge in [0.05, 0.1) is 16.9 Å². The van der Waals surface area contributed by atoms with Crippen molar-refractivity contribution >= 4 is 23.0 Å². The van der Waals surface area contributed by atoms with Crippen LogP contribution in [-0.2, 0) is 18.4 Å². The largest absolute Gasteiger partial charge is 0.456 e. The zero-order valence-corrected chi connectivity index (χ0v) is 17.9. The Morgan fingerprint density at radius 2 is 2.03 bits per heavy atom. The molecule has 2 aromatic heterocycles. The van der Waals surface area contributed by atoms with E-state index in [1.807, 2.05) is 29.6 Å². The Kier molecular flexibility index (Phi) is 6.10. The Balaban J connectivity index is 1.36. The first-order valence-corrected chi connectivity index (χ1v) is 10.8. The van der Waals surface area contributed by atoms with E-state index in [0.717, 1.165) is 43.4 Å². The standard InChI is InChI=1S/C21H24FN5O2S/c1-3-26-8-10-27(11-9-26)19-5-4-15(12-17(19)22)21(28)29-13-16-14-30-20(23-16)18-6-7-25(2)24-18/h4-7,12,14H,3,8-11,13H2,1-2H3. The summed E-state index contributed by atoms with van der Waals surface area (Å²) in [6.45, 7) is 6.53. The third-order valence-corrected chi connectivity index (χ3v) is 6.09. The predicted molar refractivity (Wildman–Crippen MR) is 114 cm³/mol. The molecule has 1 aromatic carbocycles. The van der Waals surface area contributed by atoms with E-state index >= 15 is 0 Å². The molecule has 0 saturated carbocycles.